The van der Waals surface area contributed by atoms with Crippen LogP contribution in [0.15, 0.2) is 30.3 Å². The molecule has 1 heterocycles. The van der Waals surface area contributed by atoms with Crippen molar-refractivity contribution in [3.8, 4) is 0 Å². The van der Waals surface area contributed by atoms with Crippen LogP contribution in [0.1, 0.15) is 6.42 Å². The van der Waals surface area contributed by atoms with E-state index in [0.29, 0.717) is 12.2 Å². The Labute approximate surface area is 104 Å². The van der Waals surface area contributed by atoms with Crippen molar-refractivity contribution in [1.82, 2.24) is 4.90 Å². The normalized spacial score (nSPS) is 22.8. The molecule has 4 N–H and O–H groups in total. The highest BCUT2D eigenvalue weighted by Gasteiger charge is 2.42. The largest absolute Gasteiger partial charge is 0.480 e. The number of benzene rings is 1. The first kappa shape index (κ1) is 12.4. The predicted molar refractivity (Wildman–Crippen MR) is 66.2 cm³/mol. The van der Waals surface area contributed by atoms with Gasteiger partial charge in [0.2, 0.25) is 0 Å². The molecular formula is C12H15N3O3. The van der Waals surface area contributed by atoms with E-state index in [-0.39, 0.29) is 19.0 Å². The van der Waals surface area contributed by atoms with E-state index in [0.717, 1.165) is 0 Å². The lowest BCUT2D eigenvalue weighted by molar-refractivity contribution is -0.142. The molecule has 0 radical (unpaired) electrons. The Balaban J connectivity index is 1.98. The van der Waals surface area contributed by atoms with Gasteiger partial charge in [-0.05, 0) is 18.6 Å². The fourth-order valence-electron chi connectivity index (χ4n) is 1.91. The van der Waals surface area contributed by atoms with Crippen molar-refractivity contribution in [3.63, 3.8) is 0 Å². The van der Waals surface area contributed by atoms with Crippen LogP contribution in [0.3, 0.4) is 0 Å². The number of carbonyl (C=O) groups excluding carboxylic acids is 1. The van der Waals surface area contributed by atoms with Crippen molar-refractivity contribution in [2.75, 3.05) is 18.4 Å². The molecule has 1 aliphatic heterocycles. The Bertz CT molecular complexity index is 463. The third kappa shape index (κ3) is 2.43. The zero-order valence-corrected chi connectivity index (χ0v) is 9.80. The predicted octanol–water partition coefficient (Wildman–Crippen LogP) is 0.706. The first-order chi connectivity index (χ1) is 8.51. The highest BCUT2D eigenvalue weighted by molar-refractivity contribution is 5.91. The van der Waals surface area contributed by atoms with Crippen LogP contribution in [-0.4, -0.2) is 40.6 Å². The Kier molecular flexibility index (Phi) is 3.20. The number of likely N-dealkylation sites (tertiary alicyclic amines) is 1. The number of hydrogen-bond donors (Lipinski definition) is 3. The van der Waals surface area contributed by atoms with Crippen molar-refractivity contribution in [2.45, 2.75) is 12.0 Å². The van der Waals surface area contributed by atoms with E-state index in [4.69, 9.17) is 10.8 Å². The van der Waals surface area contributed by atoms with Crippen molar-refractivity contribution < 1.29 is 14.7 Å². The minimum Gasteiger partial charge on any atom is -0.480 e. The van der Waals surface area contributed by atoms with Crippen molar-refractivity contribution in [1.29, 1.82) is 0 Å². The van der Waals surface area contributed by atoms with E-state index in [2.05, 4.69) is 5.32 Å². The van der Waals surface area contributed by atoms with Crippen LogP contribution < -0.4 is 11.1 Å². The Hall–Kier alpha value is -2.08. The second kappa shape index (κ2) is 4.66. The number of carboxylic acid groups (broad SMARTS) is 1. The van der Waals surface area contributed by atoms with Crippen LogP contribution in [0.25, 0.3) is 0 Å². The minimum absolute atomic E-state index is 0.0288. The quantitative estimate of drug-likeness (QED) is 0.719. The van der Waals surface area contributed by atoms with Gasteiger partial charge in [0.1, 0.15) is 5.54 Å². The first-order valence-electron chi connectivity index (χ1n) is 5.64. The number of carbonyl (C=O) groups is 2. The summed E-state index contributed by atoms with van der Waals surface area (Å²) < 4.78 is 0. The van der Waals surface area contributed by atoms with E-state index in [9.17, 15) is 9.59 Å². The van der Waals surface area contributed by atoms with E-state index in [1.165, 1.54) is 4.90 Å². The van der Waals surface area contributed by atoms with Crippen molar-refractivity contribution in [2.24, 2.45) is 5.73 Å². The summed E-state index contributed by atoms with van der Waals surface area (Å²) in [6.45, 7) is 0.377. The summed E-state index contributed by atoms with van der Waals surface area (Å²) >= 11 is 0. The number of anilines is 1. The number of para-hydroxylation sites is 1. The molecule has 18 heavy (non-hydrogen) atoms. The molecular weight excluding hydrogens is 234 g/mol. The first-order valence-corrected chi connectivity index (χ1v) is 5.64. The molecule has 1 fully saturated rings. The third-order valence-corrected chi connectivity index (χ3v) is 3.04. The summed E-state index contributed by atoms with van der Waals surface area (Å²) in [4.78, 5) is 24.3. The molecule has 0 spiro atoms. The zero-order chi connectivity index (χ0) is 13.2. The number of nitrogens with two attached hydrogens (primary N) is 1. The summed E-state index contributed by atoms with van der Waals surface area (Å²) in [5.74, 6) is -1.07. The molecule has 2 amide bonds. The SMILES string of the molecule is NC1(C(=O)O)CCN(C(=O)Nc2ccccc2)C1. The second-order valence-electron chi connectivity index (χ2n) is 4.43. The highest BCUT2D eigenvalue weighted by atomic mass is 16.4. The minimum atomic E-state index is -1.33. The molecule has 1 atom stereocenters. The van der Waals surface area contributed by atoms with E-state index < -0.39 is 11.5 Å². The van der Waals surface area contributed by atoms with Crippen LogP contribution >= 0.6 is 0 Å². The summed E-state index contributed by atoms with van der Waals surface area (Å²) in [6, 6.07) is 8.67. The number of aliphatic carboxylic acids is 1. The van der Waals surface area contributed by atoms with Crippen LogP contribution in [0.2, 0.25) is 0 Å². The van der Waals surface area contributed by atoms with Gasteiger partial charge in [0, 0.05) is 12.2 Å². The molecule has 1 aromatic rings. The number of urea groups is 1. The average molecular weight is 249 g/mol. The summed E-state index contributed by atoms with van der Waals surface area (Å²) in [6.07, 6.45) is 0.268. The van der Waals surface area contributed by atoms with E-state index in [1.807, 2.05) is 18.2 Å². The molecule has 6 heteroatoms. The van der Waals surface area contributed by atoms with Gasteiger partial charge in [-0.15, -0.1) is 0 Å². The lowest BCUT2D eigenvalue weighted by Gasteiger charge is -2.20. The maximum atomic E-state index is 11.9. The van der Waals surface area contributed by atoms with Gasteiger partial charge in [-0.25, -0.2) is 4.79 Å². The van der Waals surface area contributed by atoms with Crippen LogP contribution in [0.4, 0.5) is 10.5 Å². The molecule has 96 valence electrons. The number of rotatable bonds is 2. The molecule has 2 rings (SSSR count). The fraction of sp³-hybridized carbons (Fsp3) is 0.333. The van der Waals surface area contributed by atoms with Crippen LogP contribution in [0.5, 0.6) is 0 Å². The molecule has 1 unspecified atom stereocenters. The number of amides is 2. The monoisotopic (exact) mass is 249 g/mol. The summed E-state index contributed by atoms with van der Waals surface area (Å²) in [5.41, 5.74) is 5.05. The van der Waals surface area contributed by atoms with Gasteiger partial charge in [-0.2, -0.15) is 0 Å². The van der Waals surface area contributed by atoms with Crippen molar-refractivity contribution in [3.05, 3.63) is 30.3 Å². The zero-order valence-electron chi connectivity index (χ0n) is 9.80. The van der Waals surface area contributed by atoms with E-state index in [1.54, 1.807) is 12.1 Å². The van der Waals surface area contributed by atoms with Gasteiger partial charge in [-0.1, -0.05) is 18.2 Å². The smallest absolute Gasteiger partial charge is 0.325 e. The lowest BCUT2D eigenvalue weighted by atomic mass is 10.0. The maximum Gasteiger partial charge on any atom is 0.325 e. The number of nitrogens with one attached hydrogen (secondary N) is 1. The third-order valence-electron chi connectivity index (χ3n) is 3.04. The van der Waals surface area contributed by atoms with E-state index >= 15 is 0 Å². The fourth-order valence-corrected chi connectivity index (χ4v) is 1.91. The maximum absolute atomic E-state index is 11.9. The standard InChI is InChI=1S/C12H15N3O3/c13-12(10(16)17)6-7-15(8-12)11(18)14-9-4-2-1-3-5-9/h1-5H,6-8,13H2,(H,14,18)(H,16,17). The molecule has 1 aliphatic rings. The van der Waals surface area contributed by atoms with Gasteiger partial charge in [0.05, 0.1) is 6.54 Å². The second-order valence-corrected chi connectivity index (χ2v) is 4.43. The highest BCUT2D eigenvalue weighted by Crippen LogP contribution is 2.20. The summed E-state index contributed by atoms with van der Waals surface area (Å²) in [7, 11) is 0. The number of hydrogen-bond acceptors (Lipinski definition) is 3. The number of nitrogens with zero attached hydrogens (tertiary/aromatic N) is 1. The molecule has 0 aliphatic carbocycles. The Morgan fingerprint density at radius 3 is 2.56 bits per heavy atom. The molecule has 0 saturated carbocycles. The van der Waals surface area contributed by atoms with Crippen LogP contribution in [-0.2, 0) is 4.79 Å². The van der Waals surface area contributed by atoms with Gasteiger partial charge < -0.3 is 21.1 Å². The Morgan fingerprint density at radius 2 is 2.00 bits per heavy atom. The average Bonchev–Trinajstić information content (AvgIpc) is 2.75. The topological polar surface area (TPSA) is 95.7 Å². The van der Waals surface area contributed by atoms with Gasteiger partial charge in [-0.3, -0.25) is 4.79 Å². The van der Waals surface area contributed by atoms with Gasteiger partial charge >= 0.3 is 12.0 Å². The van der Waals surface area contributed by atoms with Gasteiger partial charge in [0.25, 0.3) is 0 Å². The Morgan fingerprint density at radius 1 is 1.33 bits per heavy atom. The summed E-state index contributed by atoms with van der Waals surface area (Å²) in [5, 5.41) is 11.7. The van der Waals surface area contributed by atoms with Crippen LogP contribution in [0, 0.1) is 0 Å². The molecule has 0 aromatic heterocycles. The molecule has 0 bridgehead atoms. The lowest BCUT2D eigenvalue weighted by Crippen LogP contribution is -2.51. The molecule has 1 aromatic carbocycles. The molecule has 1 saturated heterocycles. The van der Waals surface area contributed by atoms with Gasteiger partial charge in [0.15, 0.2) is 0 Å². The molecule has 6 nitrogen and oxygen atoms in total. The van der Waals surface area contributed by atoms with Crippen molar-refractivity contribution >= 4 is 17.7 Å². The number of carboxylic acids is 1.